The summed E-state index contributed by atoms with van der Waals surface area (Å²) in [6, 6.07) is 0. The maximum atomic E-state index is 4.45. The molecule has 0 N–H and O–H groups in total. The second kappa shape index (κ2) is 4.54. The van der Waals surface area contributed by atoms with Crippen LogP contribution in [-0.4, -0.2) is 43.8 Å². The predicted molar refractivity (Wildman–Crippen MR) is 66.7 cm³/mol. The predicted octanol–water partition coefficient (Wildman–Crippen LogP) is -1.24. The van der Waals surface area contributed by atoms with E-state index in [9.17, 15) is 0 Å². The van der Waals surface area contributed by atoms with E-state index in [1.807, 2.05) is 6.81 Å². The van der Waals surface area contributed by atoms with Crippen molar-refractivity contribution >= 4 is 40.0 Å². The van der Waals surface area contributed by atoms with Crippen LogP contribution in [0.15, 0.2) is 6.20 Å². The second-order valence-corrected chi connectivity index (χ2v) is 3.50. The molecule has 0 bridgehead atoms. The molecule has 1 rings (SSSR count). The molecule has 2 nitrogen and oxygen atoms in total. The zero-order valence-corrected chi connectivity index (χ0v) is 8.75. The first-order valence-electron chi connectivity index (χ1n) is 4.82. The molecular formula is C7H14B4N2. The van der Waals surface area contributed by atoms with E-state index in [0.717, 1.165) is 20.4 Å². The Morgan fingerprint density at radius 2 is 2.38 bits per heavy atom. The molecule has 0 fully saturated rings. The van der Waals surface area contributed by atoms with Crippen molar-refractivity contribution in [2.24, 2.45) is 0 Å². The minimum absolute atomic E-state index is 0.512. The summed E-state index contributed by atoms with van der Waals surface area (Å²) in [6.45, 7) is 12.6. The molecule has 1 heterocycles. The van der Waals surface area contributed by atoms with Crippen LogP contribution in [0.2, 0.25) is 13.6 Å². The van der Waals surface area contributed by atoms with Gasteiger partial charge in [0.2, 0.25) is 0 Å². The molecule has 0 aliphatic heterocycles. The van der Waals surface area contributed by atoms with Crippen LogP contribution in [0.5, 0.6) is 0 Å². The summed E-state index contributed by atoms with van der Waals surface area (Å²) in [4.78, 5) is 4.45. The number of imidazole rings is 1. The van der Waals surface area contributed by atoms with Crippen LogP contribution in [-0.2, 0) is 0 Å². The first kappa shape index (κ1) is 10.4. The van der Waals surface area contributed by atoms with E-state index < -0.39 is 0 Å². The Hall–Kier alpha value is -0.660. The van der Waals surface area contributed by atoms with Crippen molar-refractivity contribution in [3.63, 3.8) is 0 Å². The van der Waals surface area contributed by atoms with Crippen molar-refractivity contribution in [2.75, 3.05) is 0 Å². The Labute approximate surface area is 82.6 Å². The fourth-order valence-electron chi connectivity index (χ4n) is 1.31. The van der Waals surface area contributed by atoms with Crippen LogP contribution < -0.4 is 5.59 Å². The van der Waals surface area contributed by atoms with Gasteiger partial charge in [-0.05, 0) is 0 Å². The summed E-state index contributed by atoms with van der Waals surface area (Å²) in [5.41, 5.74) is 1.17. The zero-order valence-electron chi connectivity index (χ0n) is 8.75. The van der Waals surface area contributed by atoms with E-state index in [4.69, 9.17) is 0 Å². The monoisotopic (exact) mass is 170 g/mol. The van der Waals surface area contributed by atoms with E-state index in [2.05, 4.69) is 42.7 Å². The molecule has 0 saturated carbocycles. The number of hydrogen-bond donors (Lipinski definition) is 0. The first-order chi connectivity index (χ1) is 6.17. The summed E-state index contributed by atoms with van der Waals surface area (Å²) in [5, 5.41) is 0. The summed E-state index contributed by atoms with van der Waals surface area (Å²) >= 11 is 0. The molecule has 6 heteroatoms. The maximum absolute atomic E-state index is 4.45. The molecule has 13 heavy (non-hydrogen) atoms. The van der Waals surface area contributed by atoms with Crippen molar-refractivity contribution in [2.45, 2.75) is 20.6 Å². The molecule has 0 spiro atoms. The first-order valence-corrected chi connectivity index (χ1v) is 4.82. The Morgan fingerprint density at radius 3 is 2.85 bits per heavy atom. The van der Waals surface area contributed by atoms with Crippen molar-refractivity contribution < 1.29 is 0 Å². The van der Waals surface area contributed by atoms with Crippen LogP contribution in [0.25, 0.3) is 0 Å². The van der Waals surface area contributed by atoms with Crippen LogP contribution in [0, 0.1) is 6.92 Å². The minimum atomic E-state index is 0.512. The van der Waals surface area contributed by atoms with Gasteiger partial charge < -0.3 is 0 Å². The quantitative estimate of drug-likeness (QED) is 0.516. The number of hydrogen-bond acceptors (Lipinski definition) is 1. The van der Waals surface area contributed by atoms with Gasteiger partial charge in [-0.2, -0.15) is 0 Å². The van der Waals surface area contributed by atoms with Crippen LogP contribution in [0.4, 0.5) is 0 Å². The molecule has 1 aromatic rings. The average molecular weight is 169 g/mol. The van der Waals surface area contributed by atoms with Crippen LogP contribution in [0.1, 0.15) is 5.82 Å². The van der Waals surface area contributed by atoms with Gasteiger partial charge in [0.15, 0.2) is 0 Å². The van der Waals surface area contributed by atoms with E-state index in [1.54, 1.807) is 0 Å². The van der Waals surface area contributed by atoms with Gasteiger partial charge in [0.05, 0.1) is 0 Å². The summed E-state index contributed by atoms with van der Waals surface area (Å²) in [7, 11) is 2.00. The molecule has 0 atom stereocenters. The van der Waals surface area contributed by atoms with Crippen LogP contribution in [0.3, 0.4) is 0 Å². The normalized spacial score (nSPS) is 9.15. The standard InChI is InChI=1S/C7H14B4N2/c1-6-12-7(8-2)5-13(6)10-11(4)9-3/h5,8,10H,3H2,1-2,4H3. The molecule has 0 aliphatic carbocycles. The topological polar surface area (TPSA) is 17.8 Å². The fourth-order valence-corrected chi connectivity index (χ4v) is 1.31. The van der Waals surface area contributed by atoms with E-state index in [0.29, 0.717) is 6.49 Å². The van der Waals surface area contributed by atoms with Gasteiger partial charge in [-0.15, -0.1) is 0 Å². The van der Waals surface area contributed by atoms with Gasteiger partial charge in [-0.3, -0.25) is 0 Å². The summed E-state index contributed by atoms with van der Waals surface area (Å²) in [6.07, 6.45) is 2.13. The van der Waals surface area contributed by atoms with Crippen LogP contribution >= 0.6 is 0 Å². The van der Waals surface area contributed by atoms with Gasteiger partial charge in [-0.1, -0.05) is 0 Å². The van der Waals surface area contributed by atoms with Crippen molar-refractivity contribution in [3.05, 3.63) is 12.0 Å². The third-order valence-electron chi connectivity index (χ3n) is 2.28. The molecule has 0 amide bonds. The third-order valence-corrected chi connectivity index (χ3v) is 2.28. The number of nitrogens with zero attached hydrogens (tertiary/aromatic N) is 2. The fraction of sp³-hybridized carbons (Fsp3) is 0.429. The molecule has 0 aliphatic rings. The Balaban J connectivity index is 2.76. The zero-order chi connectivity index (χ0) is 9.84. The van der Waals surface area contributed by atoms with Gasteiger partial charge in [-0.25, -0.2) is 0 Å². The molecule has 0 aromatic carbocycles. The molecule has 64 valence electrons. The number of aromatic nitrogens is 2. The van der Waals surface area contributed by atoms with E-state index in [-0.39, 0.29) is 0 Å². The Bertz CT molecular complexity index is 297. The van der Waals surface area contributed by atoms with Crippen molar-refractivity contribution in [3.8, 4) is 0 Å². The Morgan fingerprint density at radius 1 is 1.69 bits per heavy atom. The molecular weight excluding hydrogens is 155 g/mol. The third kappa shape index (κ3) is 2.64. The van der Waals surface area contributed by atoms with Gasteiger partial charge >= 0.3 is 82.0 Å². The summed E-state index contributed by atoms with van der Waals surface area (Å²) < 4.78 is 2.20. The second-order valence-electron chi connectivity index (χ2n) is 3.50. The Kier molecular flexibility index (Phi) is 3.64. The van der Waals surface area contributed by atoms with Gasteiger partial charge in [0.25, 0.3) is 0 Å². The number of rotatable bonds is 4. The molecule has 0 saturated heterocycles. The van der Waals surface area contributed by atoms with E-state index in [1.165, 1.54) is 5.59 Å². The van der Waals surface area contributed by atoms with Crippen molar-refractivity contribution in [1.29, 1.82) is 0 Å². The van der Waals surface area contributed by atoms with Gasteiger partial charge in [0, 0.05) is 0 Å². The van der Waals surface area contributed by atoms with Gasteiger partial charge in [0.1, 0.15) is 0 Å². The molecule has 0 unspecified atom stereocenters. The van der Waals surface area contributed by atoms with Crippen molar-refractivity contribution in [1.82, 2.24) is 9.46 Å². The average Bonchev–Trinajstić information content (AvgIpc) is 2.47. The van der Waals surface area contributed by atoms with E-state index >= 15 is 0 Å². The molecule has 0 radical (unpaired) electrons. The number of aryl methyl sites for hydroxylation is 1. The SMILES string of the molecule is C=BB(C)Bn1cc(BC)nc1C. The molecule has 1 aromatic heterocycles. The summed E-state index contributed by atoms with van der Waals surface area (Å²) in [5.74, 6) is 1.10.